The maximum absolute atomic E-state index is 16.3. The number of allylic oxidation sites excluding steroid dienone is 2. The molecule has 1 amide bonds. The average molecular weight is 643 g/mol. The molecule has 2 fully saturated rings. The normalized spacial score (nSPS) is 24.9. The number of amides is 1. The molecular formula is C35H33ClF2N6O2. The number of nitriles is 1. The number of benzene rings is 2. The molecule has 3 heterocycles. The summed E-state index contributed by atoms with van der Waals surface area (Å²) in [6, 6.07) is 12.3. The molecule has 236 valence electrons. The van der Waals surface area contributed by atoms with Crippen LogP contribution in [0.4, 0.5) is 8.78 Å². The van der Waals surface area contributed by atoms with E-state index < -0.39 is 35.6 Å². The molecule has 46 heavy (non-hydrogen) atoms. The van der Waals surface area contributed by atoms with Crippen LogP contribution >= 0.6 is 11.6 Å². The van der Waals surface area contributed by atoms with Crippen LogP contribution in [0.2, 0.25) is 5.02 Å². The average Bonchev–Trinajstić information content (AvgIpc) is 3.46. The molecule has 0 aromatic heterocycles. The van der Waals surface area contributed by atoms with Gasteiger partial charge in [-0.2, -0.15) is 5.26 Å². The number of likely N-dealkylation sites (tertiary alicyclic amines) is 1. The predicted octanol–water partition coefficient (Wildman–Crippen LogP) is 5.94. The summed E-state index contributed by atoms with van der Waals surface area (Å²) in [5.74, 6) is -2.91. The standard InChI is InChI=1S/C35H33ClF2N6O2/c1-21(37)35(45)44-14-13-43(19-24(44)18-40-2)33-27-15-30(38)26(25-10-4-7-22-8-5-11-29(36)32(22)25)16-31(27)41-34(28(33)17-39)46-20-23-9-6-12-42(23)3/h4-5,7-8,10-11,15-16,23-24,27,31H,1,6,9,12-14,18-20H2,3H3/t23-,24-,27?,31?/m0/s1. The van der Waals surface area contributed by atoms with Crippen LogP contribution in [-0.2, 0) is 9.53 Å². The van der Waals surface area contributed by atoms with Crippen LogP contribution in [0.15, 0.2) is 83.0 Å². The van der Waals surface area contributed by atoms with E-state index in [9.17, 15) is 14.4 Å². The summed E-state index contributed by atoms with van der Waals surface area (Å²) >= 11 is 6.61. The number of rotatable bonds is 6. The van der Waals surface area contributed by atoms with Gasteiger partial charge in [-0.1, -0.05) is 48.5 Å². The minimum absolute atomic E-state index is 0.0691. The van der Waals surface area contributed by atoms with Gasteiger partial charge in [0.15, 0.2) is 5.83 Å². The monoisotopic (exact) mass is 642 g/mol. The third-order valence-electron chi connectivity index (χ3n) is 9.30. The van der Waals surface area contributed by atoms with Gasteiger partial charge in [0, 0.05) is 53.3 Å². The zero-order valence-electron chi connectivity index (χ0n) is 25.4. The van der Waals surface area contributed by atoms with Crippen LogP contribution in [0.3, 0.4) is 0 Å². The number of fused-ring (bicyclic) bond motifs is 2. The number of hydrogen-bond donors (Lipinski definition) is 0. The lowest BCUT2D eigenvalue weighted by Crippen LogP contribution is -2.57. The van der Waals surface area contributed by atoms with Crippen LogP contribution in [0, 0.1) is 23.8 Å². The Balaban J connectivity index is 1.42. The molecule has 0 bridgehead atoms. The minimum Gasteiger partial charge on any atom is -0.475 e. The zero-order valence-corrected chi connectivity index (χ0v) is 26.2. The number of likely N-dealkylation sites (N-methyl/N-ethyl adjacent to an activating group) is 1. The number of nitrogens with zero attached hydrogens (tertiary/aromatic N) is 6. The SMILES string of the molecule is [C-]#[N+]C[C@H]1CN(C2=C(C#N)C(OC[C@@H]3CCCN3C)=NC3C=C(c4cccc5cccc(Cl)c45)C(F)=CC23)CCN1C(=O)C(=C)F. The van der Waals surface area contributed by atoms with E-state index in [1.54, 1.807) is 12.1 Å². The molecule has 11 heteroatoms. The highest BCUT2D eigenvalue weighted by Gasteiger charge is 2.42. The highest BCUT2D eigenvalue weighted by atomic mass is 35.5. The number of carbonyl (C=O) groups excluding carboxylic acids is 1. The molecule has 4 atom stereocenters. The maximum atomic E-state index is 16.3. The first-order valence-electron chi connectivity index (χ1n) is 15.3. The third kappa shape index (κ3) is 5.79. The van der Waals surface area contributed by atoms with Gasteiger partial charge in [0.05, 0.1) is 6.04 Å². The molecule has 2 saturated heterocycles. The van der Waals surface area contributed by atoms with E-state index in [0.29, 0.717) is 28.5 Å². The van der Waals surface area contributed by atoms with Crippen molar-refractivity contribution < 1.29 is 18.3 Å². The second kappa shape index (κ2) is 13.1. The van der Waals surface area contributed by atoms with E-state index in [0.717, 1.165) is 30.2 Å². The maximum Gasteiger partial charge on any atom is 0.282 e. The van der Waals surface area contributed by atoms with Crippen molar-refractivity contribution in [1.29, 1.82) is 5.26 Å². The summed E-state index contributed by atoms with van der Waals surface area (Å²) < 4.78 is 36.5. The topological polar surface area (TPSA) is 76.5 Å². The van der Waals surface area contributed by atoms with E-state index in [2.05, 4.69) is 22.4 Å². The number of aliphatic imine (C=N–C) groups is 1. The molecule has 2 aromatic carbocycles. The van der Waals surface area contributed by atoms with Gasteiger partial charge in [-0.3, -0.25) is 4.79 Å². The molecule has 0 spiro atoms. The van der Waals surface area contributed by atoms with Crippen molar-refractivity contribution in [2.45, 2.75) is 31.0 Å². The van der Waals surface area contributed by atoms with E-state index in [1.165, 1.54) is 11.0 Å². The molecule has 8 nitrogen and oxygen atoms in total. The second-order valence-electron chi connectivity index (χ2n) is 12.0. The summed E-state index contributed by atoms with van der Waals surface area (Å²) in [4.78, 5) is 26.4. The van der Waals surface area contributed by atoms with E-state index in [4.69, 9.17) is 27.9 Å². The van der Waals surface area contributed by atoms with Gasteiger partial charge in [-0.25, -0.2) is 20.3 Å². The number of dihydropyridines is 1. The molecule has 2 unspecified atom stereocenters. The molecule has 0 saturated carbocycles. The highest BCUT2D eigenvalue weighted by molar-refractivity contribution is 6.36. The Morgan fingerprint density at radius 3 is 2.70 bits per heavy atom. The molecule has 3 aliphatic heterocycles. The fourth-order valence-electron chi connectivity index (χ4n) is 6.98. The quantitative estimate of drug-likeness (QED) is 0.288. The smallest absolute Gasteiger partial charge is 0.282 e. The van der Waals surface area contributed by atoms with E-state index >= 15 is 4.39 Å². The van der Waals surface area contributed by atoms with Crippen LogP contribution in [-0.4, -0.2) is 91.0 Å². The van der Waals surface area contributed by atoms with Gasteiger partial charge in [0.1, 0.15) is 30.1 Å². The Morgan fingerprint density at radius 2 is 2.00 bits per heavy atom. The van der Waals surface area contributed by atoms with Crippen molar-refractivity contribution in [2.75, 3.05) is 46.4 Å². The van der Waals surface area contributed by atoms with Crippen molar-refractivity contribution in [3.8, 4) is 6.07 Å². The van der Waals surface area contributed by atoms with Crippen LogP contribution in [0.5, 0.6) is 0 Å². The number of ether oxygens (including phenoxy) is 1. The van der Waals surface area contributed by atoms with Crippen LogP contribution in [0.25, 0.3) is 21.2 Å². The zero-order chi connectivity index (χ0) is 32.5. The van der Waals surface area contributed by atoms with Gasteiger partial charge in [0.25, 0.3) is 5.91 Å². The number of hydrogen-bond acceptors (Lipinski definition) is 6. The van der Waals surface area contributed by atoms with Crippen molar-refractivity contribution in [2.24, 2.45) is 10.9 Å². The first-order valence-corrected chi connectivity index (χ1v) is 15.7. The Kier molecular flexibility index (Phi) is 8.95. The van der Waals surface area contributed by atoms with Gasteiger partial charge in [-0.05, 0) is 55.6 Å². The highest BCUT2D eigenvalue weighted by Crippen LogP contribution is 2.43. The van der Waals surface area contributed by atoms with Crippen LogP contribution < -0.4 is 0 Å². The Hall–Kier alpha value is -4.51. The Labute approximate surface area is 272 Å². The lowest BCUT2D eigenvalue weighted by atomic mass is 9.81. The summed E-state index contributed by atoms with van der Waals surface area (Å²) in [7, 11) is 2.04. The third-order valence-corrected chi connectivity index (χ3v) is 9.61. The number of piperazine rings is 1. The summed E-state index contributed by atoms with van der Waals surface area (Å²) in [6.07, 6.45) is 5.26. The van der Waals surface area contributed by atoms with Gasteiger partial charge in [0.2, 0.25) is 12.4 Å². The fourth-order valence-corrected chi connectivity index (χ4v) is 7.26. The summed E-state index contributed by atoms with van der Waals surface area (Å²) in [5.41, 5.74) is 1.68. The van der Waals surface area contributed by atoms with E-state index in [1.807, 2.05) is 42.3 Å². The predicted molar refractivity (Wildman–Crippen MR) is 174 cm³/mol. The van der Waals surface area contributed by atoms with E-state index in [-0.39, 0.29) is 43.7 Å². The molecular weight excluding hydrogens is 610 g/mol. The van der Waals surface area contributed by atoms with Crippen molar-refractivity contribution in [3.63, 3.8) is 0 Å². The largest absolute Gasteiger partial charge is 0.475 e. The Bertz CT molecular complexity index is 1800. The molecule has 0 radical (unpaired) electrons. The second-order valence-corrected chi connectivity index (χ2v) is 12.4. The van der Waals surface area contributed by atoms with Crippen molar-refractivity contribution >= 4 is 39.8 Å². The Morgan fingerprint density at radius 1 is 1.22 bits per heavy atom. The number of halogens is 3. The van der Waals surface area contributed by atoms with Gasteiger partial charge >= 0.3 is 0 Å². The minimum atomic E-state index is -1.10. The molecule has 0 N–H and O–H groups in total. The molecule has 6 rings (SSSR count). The van der Waals surface area contributed by atoms with Crippen molar-refractivity contribution in [1.82, 2.24) is 14.7 Å². The lowest BCUT2D eigenvalue weighted by Gasteiger charge is -2.44. The molecule has 1 aliphatic carbocycles. The van der Waals surface area contributed by atoms with Gasteiger partial charge in [-0.15, -0.1) is 0 Å². The van der Waals surface area contributed by atoms with Crippen molar-refractivity contribution in [3.05, 3.63) is 100 Å². The fraction of sp³-hybridized carbons (Fsp3) is 0.371. The van der Waals surface area contributed by atoms with Crippen LogP contribution in [0.1, 0.15) is 18.4 Å². The first-order chi connectivity index (χ1) is 22.2. The molecule has 4 aliphatic rings. The summed E-state index contributed by atoms with van der Waals surface area (Å²) in [5, 5.41) is 12.6. The lowest BCUT2D eigenvalue weighted by molar-refractivity contribution is -0.132. The number of carbonyl (C=O) groups is 1. The van der Waals surface area contributed by atoms with Gasteiger partial charge < -0.3 is 24.3 Å². The first kappa shape index (κ1) is 31.5. The molecule has 2 aromatic rings. The summed E-state index contributed by atoms with van der Waals surface area (Å²) in [6.45, 7) is 12.3.